The number of ether oxygens (including phenoxy) is 2. The SMILES string of the molecule is C1=CC2=CC=C1C2.Cc1cccc(COC2CCCCO2)c1. The van der Waals surface area contributed by atoms with Gasteiger partial charge in [-0.25, -0.2) is 0 Å². The molecule has 0 spiro atoms. The van der Waals surface area contributed by atoms with Crippen molar-refractivity contribution in [1.29, 1.82) is 0 Å². The molecule has 0 radical (unpaired) electrons. The molecular formula is C20H24O2. The van der Waals surface area contributed by atoms with Crippen LogP contribution in [-0.4, -0.2) is 12.9 Å². The Morgan fingerprint density at radius 2 is 1.95 bits per heavy atom. The minimum Gasteiger partial charge on any atom is -0.353 e. The maximum atomic E-state index is 5.70. The molecule has 0 aromatic heterocycles. The van der Waals surface area contributed by atoms with Crippen LogP contribution in [-0.2, 0) is 16.1 Å². The van der Waals surface area contributed by atoms with E-state index in [0.29, 0.717) is 6.61 Å². The first-order valence-corrected chi connectivity index (χ1v) is 8.16. The van der Waals surface area contributed by atoms with Gasteiger partial charge in [-0.3, -0.25) is 0 Å². The fraction of sp³-hybridized carbons (Fsp3) is 0.400. The fourth-order valence-corrected chi connectivity index (χ4v) is 2.84. The van der Waals surface area contributed by atoms with Crippen molar-refractivity contribution in [3.63, 3.8) is 0 Å². The molecule has 22 heavy (non-hydrogen) atoms. The summed E-state index contributed by atoms with van der Waals surface area (Å²) in [5, 5.41) is 0. The highest BCUT2D eigenvalue weighted by atomic mass is 16.7. The first-order valence-electron chi connectivity index (χ1n) is 8.16. The van der Waals surface area contributed by atoms with Gasteiger partial charge in [-0.15, -0.1) is 0 Å². The van der Waals surface area contributed by atoms with Crippen LogP contribution in [0.25, 0.3) is 0 Å². The molecule has 0 N–H and O–H groups in total. The minimum absolute atomic E-state index is 0.0132. The third kappa shape index (κ3) is 4.43. The molecule has 1 heterocycles. The van der Waals surface area contributed by atoms with Crippen molar-refractivity contribution < 1.29 is 9.47 Å². The molecule has 1 aromatic carbocycles. The van der Waals surface area contributed by atoms with Crippen molar-refractivity contribution >= 4 is 0 Å². The van der Waals surface area contributed by atoms with E-state index >= 15 is 0 Å². The predicted molar refractivity (Wildman–Crippen MR) is 89.5 cm³/mol. The summed E-state index contributed by atoms with van der Waals surface area (Å²) in [5.74, 6) is 0. The zero-order valence-electron chi connectivity index (χ0n) is 13.3. The molecule has 3 aliphatic rings. The van der Waals surface area contributed by atoms with Gasteiger partial charge >= 0.3 is 0 Å². The molecule has 1 saturated heterocycles. The van der Waals surface area contributed by atoms with Crippen LogP contribution in [0.3, 0.4) is 0 Å². The maximum Gasteiger partial charge on any atom is 0.158 e. The molecule has 1 aromatic rings. The third-order valence-electron chi connectivity index (χ3n) is 4.09. The summed E-state index contributed by atoms with van der Waals surface area (Å²) in [4.78, 5) is 0. The molecule has 116 valence electrons. The Hall–Kier alpha value is -1.64. The van der Waals surface area contributed by atoms with E-state index in [-0.39, 0.29) is 6.29 Å². The quantitative estimate of drug-likeness (QED) is 0.793. The molecule has 4 rings (SSSR count). The van der Waals surface area contributed by atoms with E-state index in [4.69, 9.17) is 9.47 Å². The summed E-state index contributed by atoms with van der Waals surface area (Å²) in [6.45, 7) is 3.60. The molecular weight excluding hydrogens is 272 g/mol. The van der Waals surface area contributed by atoms with E-state index in [1.807, 2.05) is 0 Å². The summed E-state index contributed by atoms with van der Waals surface area (Å²) in [7, 11) is 0. The topological polar surface area (TPSA) is 18.5 Å². The summed E-state index contributed by atoms with van der Waals surface area (Å²) in [5.41, 5.74) is 5.44. The van der Waals surface area contributed by atoms with Crippen LogP contribution in [0.1, 0.15) is 36.8 Å². The molecule has 1 fully saturated rings. The highest BCUT2D eigenvalue weighted by Crippen LogP contribution is 2.27. The first-order chi connectivity index (χ1) is 10.8. The zero-order valence-corrected chi connectivity index (χ0v) is 13.3. The lowest BCUT2D eigenvalue weighted by Crippen LogP contribution is -2.21. The highest BCUT2D eigenvalue weighted by molar-refractivity contribution is 5.49. The van der Waals surface area contributed by atoms with Gasteiger partial charge in [0.25, 0.3) is 0 Å². The monoisotopic (exact) mass is 296 g/mol. The summed E-state index contributed by atoms with van der Waals surface area (Å²) in [6.07, 6.45) is 13.3. The van der Waals surface area contributed by atoms with Crippen molar-refractivity contribution in [2.45, 2.75) is 45.5 Å². The number of fused-ring (bicyclic) bond motifs is 2. The largest absolute Gasteiger partial charge is 0.353 e. The van der Waals surface area contributed by atoms with Crippen LogP contribution in [0.4, 0.5) is 0 Å². The van der Waals surface area contributed by atoms with E-state index < -0.39 is 0 Å². The molecule has 0 amide bonds. The normalized spacial score (nSPS) is 22.0. The van der Waals surface area contributed by atoms with Crippen molar-refractivity contribution in [3.8, 4) is 0 Å². The Balaban J connectivity index is 0.000000169. The van der Waals surface area contributed by atoms with Crippen LogP contribution in [0.15, 0.2) is 59.7 Å². The lowest BCUT2D eigenvalue weighted by atomic mass is 10.1. The van der Waals surface area contributed by atoms with Gasteiger partial charge in [-0.05, 0) is 49.3 Å². The second-order valence-corrected chi connectivity index (χ2v) is 6.09. The molecule has 1 unspecified atom stereocenters. The lowest BCUT2D eigenvalue weighted by Gasteiger charge is -2.22. The third-order valence-corrected chi connectivity index (χ3v) is 4.09. The standard InChI is InChI=1S/C13H18O2.C7H6/c1-11-5-4-6-12(9-11)10-15-13-7-2-3-8-14-13;1-2-7-4-3-6(1)5-7/h4-6,9,13H,2-3,7-8,10H2,1H3;1-4H,5H2. The van der Waals surface area contributed by atoms with Gasteiger partial charge < -0.3 is 9.47 Å². The summed E-state index contributed by atoms with van der Waals surface area (Å²) >= 11 is 0. The minimum atomic E-state index is 0.0132. The van der Waals surface area contributed by atoms with Crippen molar-refractivity contribution in [2.75, 3.05) is 6.61 Å². The molecule has 2 heteroatoms. The van der Waals surface area contributed by atoms with Crippen LogP contribution < -0.4 is 0 Å². The molecule has 2 aliphatic carbocycles. The molecule has 1 atom stereocenters. The predicted octanol–water partition coefficient (Wildman–Crippen LogP) is 4.85. The Kier molecular flexibility index (Phi) is 5.25. The van der Waals surface area contributed by atoms with Crippen LogP contribution in [0.5, 0.6) is 0 Å². The lowest BCUT2D eigenvalue weighted by molar-refractivity contribution is -0.168. The smallest absolute Gasteiger partial charge is 0.158 e. The van der Waals surface area contributed by atoms with Crippen molar-refractivity contribution in [3.05, 3.63) is 70.8 Å². The second kappa shape index (κ2) is 7.57. The second-order valence-electron chi connectivity index (χ2n) is 6.09. The number of hydrogen-bond acceptors (Lipinski definition) is 2. The van der Waals surface area contributed by atoms with E-state index in [9.17, 15) is 0 Å². The number of rotatable bonds is 3. The number of allylic oxidation sites excluding steroid dienone is 6. The van der Waals surface area contributed by atoms with E-state index in [2.05, 4.69) is 55.5 Å². The van der Waals surface area contributed by atoms with Crippen LogP contribution >= 0.6 is 0 Å². The van der Waals surface area contributed by atoms with Gasteiger partial charge in [0, 0.05) is 6.61 Å². The Bertz CT molecular complexity index is 569. The molecule has 2 nitrogen and oxygen atoms in total. The Labute approximate surface area is 133 Å². The molecule has 1 aliphatic heterocycles. The van der Waals surface area contributed by atoms with E-state index in [1.165, 1.54) is 41.5 Å². The molecule has 2 bridgehead atoms. The van der Waals surface area contributed by atoms with E-state index in [1.54, 1.807) is 0 Å². The summed E-state index contributed by atoms with van der Waals surface area (Å²) in [6, 6.07) is 8.41. The average molecular weight is 296 g/mol. The fourth-order valence-electron chi connectivity index (χ4n) is 2.84. The van der Waals surface area contributed by atoms with Crippen LogP contribution in [0.2, 0.25) is 0 Å². The Morgan fingerprint density at radius 3 is 2.50 bits per heavy atom. The van der Waals surface area contributed by atoms with E-state index in [0.717, 1.165) is 13.0 Å². The number of benzene rings is 1. The zero-order chi connectivity index (χ0) is 15.2. The number of aryl methyl sites for hydroxylation is 1. The van der Waals surface area contributed by atoms with Gasteiger partial charge in [0.05, 0.1) is 6.61 Å². The van der Waals surface area contributed by atoms with Gasteiger partial charge in [0.15, 0.2) is 6.29 Å². The van der Waals surface area contributed by atoms with Gasteiger partial charge in [0.1, 0.15) is 0 Å². The van der Waals surface area contributed by atoms with Gasteiger partial charge in [0.2, 0.25) is 0 Å². The highest BCUT2D eigenvalue weighted by Gasteiger charge is 2.13. The van der Waals surface area contributed by atoms with Gasteiger partial charge in [-0.2, -0.15) is 0 Å². The van der Waals surface area contributed by atoms with Crippen LogP contribution in [0, 0.1) is 6.92 Å². The number of hydrogen-bond donors (Lipinski definition) is 0. The van der Waals surface area contributed by atoms with Crippen molar-refractivity contribution in [2.24, 2.45) is 0 Å². The van der Waals surface area contributed by atoms with Gasteiger partial charge in [-0.1, -0.05) is 54.1 Å². The summed E-state index contributed by atoms with van der Waals surface area (Å²) < 4.78 is 11.2. The Morgan fingerprint density at radius 1 is 1.14 bits per heavy atom. The average Bonchev–Trinajstić information content (AvgIpc) is 3.20. The first kappa shape index (κ1) is 15.3. The maximum absolute atomic E-state index is 5.70. The molecule has 0 saturated carbocycles. The van der Waals surface area contributed by atoms with Crippen molar-refractivity contribution in [1.82, 2.24) is 0 Å².